The molecule has 0 aromatic heterocycles. The van der Waals surface area contributed by atoms with Crippen LogP contribution in [0.3, 0.4) is 0 Å². The lowest BCUT2D eigenvalue weighted by molar-refractivity contribution is -0.148. The maximum absolute atomic E-state index is 12.1. The van der Waals surface area contributed by atoms with Crippen LogP contribution in [-0.4, -0.2) is 41.6 Å². The number of esters is 1. The van der Waals surface area contributed by atoms with E-state index in [1.54, 1.807) is 19.1 Å². The molecule has 0 heterocycles. The third-order valence-corrected chi connectivity index (χ3v) is 5.09. The summed E-state index contributed by atoms with van der Waals surface area (Å²) in [6.07, 6.45) is 0. The highest BCUT2D eigenvalue weighted by molar-refractivity contribution is 8.00. The van der Waals surface area contributed by atoms with Crippen LogP contribution in [0, 0.1) is 0 Å². The number of hydrogen-bond acceptors (Lipinski definition) is 5. The summed E-state index contributed by atoms with van der Waals surface area (Å²) in [5.74, 6) is 3.84. The van der Waals surface area contributed by atoms with E-state index in [0.717, 1.165) is 5.56 Å². The van der Waals surface area contributed by atoms with Crippen LogP contribution in [0.1, 0.15) is 25.5 Å². The molecule has 21 heavy (non-hydrogen) atoms. The number of benzene rings is 1. The van der Waals surface area contributed by atoms with Crippen molar-refractivity contribution in [3.8, 4) is 0 Å². The van der Waals surface area contributed by atoms with Gasteiger partial charge in [-0.05, 0) is 40.0 Å². The molecular formula is C15H23NO4S. The Morgan fingerprint density at radius 2 is 1.95 bits per heavy atom. The molecule has 0 aliphatic heterocycles. The number of rotatable bonds is 8. The van der Waals surface area contributed by atoms with Crippen LogP contribution in [0.4, 0.5) is 0 Å². The van der Waals surface area contributed by atoms with Crippen LogP contribution in [0.15, 0.2) is 29.2 Å². The third kappa shape index (κ3) is 5.49. The van der Waals surface area contributed by atoms with Crippen LogP contribution in [0.5, 0.6) is 0 Å². The van der Waals surface area contributed by atoms with Gasteiger partial charge in [-0.2, -0.15) is 0 Å². The fourth-order valence-electron chi connectivity index (χ4n) is 1.70. The summed E-state index contributed by atoms with van der Waals surface area (Å²) in [6, 6.07) is 6.83. The van der Waals surface area contributed by atoms with Gasteiger partial charge < -0.3 is 15.2 Å². The zero-order chi connectivity index (χ0) is 15.9. The van der Waals surface area contributed by atoms with Gasteiger partial charge in [0.1, 0.15) is 6.61 Å². The molecule has 0 radical (unpaired) electrons. The van der Waals surface area contributed by atoms with Crippen molar-refractivity contribution < 1.29 is 18.5 Å². The highest BCUT2D eigenvalue weighted by Crippen LogP contribution is 2.16. The summed E-state index contributed by atoms with van der Waals surface area (Å²) in [6.45, 7) is 4.02. The van der Waals surface area contributed by atoms with Crippen LogP contribution in [0.2, 0.25) is 0 Å². The Hall–Kier alpha value is -1.37. The maximum Gasteiger partial charge on any atom is 0.332 e. The van der Waals surface area contributed by atoms with Crippen molar-refractivity contribution in [2.75, 3.05) is 25.6 Å². The summed E-state index contributed by atoms with van der Waals surface area (Å²) in [4.78, 5) is 11.8. The summed E-state index contributed by atoms with van der Waals surface area (Å²) >= 11 is 0. The van der Waals surface area contributed by atoms with Gasteiger partial charge in [0.2, 0.25) is 0 Å². The zero-order valence-corrected chi connectivity index (χ0v) is 13.4. The Kier molecular flexibility index (Phi) is 6.87. The van der Waals surface area contributed by atoms with Crippen molar-refractivity contribution in [1.82, 2.24) is 0 Å². The van der Waals surface area contributed by atoms with E-state index in [9.17, 15) is 9.00 Å². The van der Waals surface area contributed by atoms with Crippen molar-refractivity contribution in [2.45, 2.75) is 24.8 Å². The van der Waals surface area contributed by atoms with Gasteiger partial charge >= 0.3 is 5.97 Å². The molecule has 0 aliphatic carbocycles. The maximum atomic E-state index is 12.1. The molecule has 1 unspecified atom stereocenters. The molecule has 0 amide bonds. The Labute approximate surface area is 126 Å². The Balaban J connectivity index is 2.56. The van der Waals surface area contributed by atoms with E-state index < -0.39 is 15.5 Å². The van der Waals surface area contributed by atoms with Gasteiger partial charge in [0.25, 0.3) is 0 Å². The molecule has 1 aromatic carbocycles. The normalized spacial score (nSPS) is 15.2. The first-order valence-electron chi connectivity index (χ1n) is 6.84. The smallest absolute Gasteiger partial charge is 0.332 e. The molecule has 5 nitrogen and oxygen atoms in total. The number of carbonyl (C=O) groups excluding carboxylic acids is 1. The molecule has 2 atom stereocenters. The molecule has 1 rings (SSSR count). The Morgan fingerprint density at radius 3 is 2.48 bits per heavy atom. The first-order chi connectivity index (χ1) is 9.90. The van der Waals surface area contributed by atoms with E-state index in [1.807, 2.05) is 19.1 Å². The van der Waals surface area contributed by atoms with Crippen LogP contribution < -0.4 is 5.73 Å². The zero-order valence-electron chi connectivity index (χ0n) is 12.5. The summed E-state index contributed by atoms with van der Waals surface area (Å²) in [5.41, 5.74) is 6.84. The summed E-state index contributed by atoms with van der Waals surface area (Å²) in [7, 11) is -2.21. The molecule has 0 saturated heterocycles. The van der Waals surface area contributed by atoms with Gasteiger partial charge in [0.15, 0.2) is 0 Å². The monoisotopic (exact) mass is 313 g/mol. The van der Waals surface area contributed by atoms with E-state index in [0.29, 0.717) is 17.3 Å². The Bertz CT molecular complexity index is 552. The molecule has 118 valence electrons. The fourth-order valence-corrected chi connectivity index (χ4v) is 2.66. The SMILES string of the molecule is C=S(=O)(CC)c1ccc([C@@H](N)COCC(=O)OCC)cc1. The van der Waals surface area contributed by atoms with Gasteiger partial charge in [-0.1, -0.05) is 19.1 Å². The van der Waals surface area contributed by atoms with Gasteiger partial charge in [-0.3, -0.25) is 4.21 Å². The van der Waals surface area contributed by atoms with Crippen LogP contribution in [0.25, 0.3) is 0 Å². The molecule has 0 fully saturated rings. The van der Waals surface area contributed by atoms with Crippen molar-refractivity contribution in [3.05, 3.63) is 29.8 Å². The molecule has 6 heteroatoms. The van der Waals surface area contributed by atoms with Crippen molar-refractivity contribution in [1.29, 1.82) is 0 Å². The molecule has 2 N–H and O–H groups in total. The minimum atomic E-state index is -2.21. The lowest BCUT2D eigenvalue weighted by Crippen LogP contribution is -2.21. The first kappa shape index (κ1) is 17.7. The second-order valence-corrected chi connectivity index (χ2v) is 7.27. The minimum Gasteiger partial charge on any atom is -0.464 e. The molecule has 0 saturated carbocycles. The van der Waals surface area contributed by atoms with E-state index in [-0.39, 0.29) is 19.3 Å². The van der Waals surface area contributed by atoms with Crippen molar-refractivity contribution >= 4 is 21.4 Å². The second-order valence-electron chi connectivity index (χ2n) is 4.60. The third-order valence-electron chi connectivity index (χ3n) is 3.03. The lowest BCUT2D eigenvalue weighted by Gasteiger charge is -2.14. The average Bonchev–Trinajstić information content (AvgIpc) is 2.47. The van der Waals surface area contributed by atoms with Crippen molar-refractivity contribution in [3.63, 3.8) is 0 Å². The van der Waals surface area contributed by atoms with Gasteiger partial charge in [0.05, 0.1) is 19.3 Å². The summed E-state index contributed by atoms with van der Waals surface area (Å²) in [5, 5.41) is 0. The molecule has 0 spiro atoms. The molecular weight excluding hydrogens is 290 g/mol. The number of ether oxygens (including phenoxy) is 2. The number of carbonyl (C=O) groups is 1. The fraction of sp³-hybridized carbons (Fsp3) is 0.467. The van der Waals surface area contributed by atoms with Crippen LogP contribution >= 0.6 is 0 Å². The van der Waals surface area contributed by atoms with Gasteiger partial charge in [-0.15, -0.1) is 0 Å². The van der Waals surface area contributed by atoms with E-state index >= 15 is 0 Å². The van der Waals surface area contributed by atoms with Crippen molar-refractivity contribution in [2.24, 2.45) is 5.73 Å². The number of hydrogen-bond donors (Lipinski definition) is 1. The lowest BCUT2D eigenvalue weighted by atomic mass is 10.1. The summed E-state index contributed by atoms with van der Waals surface area (Å²) < 4.78 is 22.1. The predicted molar refractivity (Wildman–Crippen MR) is 84.9 cm³/mol. The topological polar surface area (TPSA) is 78.6 Å². The van der Waals surface area contributed by atoms with Gasteiger partial charge in [0, 0.05) is 10.6 Å². The minimum absolute atomic E-state index is 0.109. The van der Waals surface area contributed by atoms with E-state index in [4.69, 9.17) is 15.2 Å². The van der Waals surface area contributed by atoms with E-state index in [2.05, 4.69) is 5.87 Å². The average molecular weight is 313 g/mol. The number of nitrogens with two attached hydrogens (primary N) is 1. The quantitative estimate of drug-likeness (QED) is 0.579. The molecule has 0 bridgehead atoms. The van der Waals surface area contributed by atoms with E-state index in [1.165, 1.54) is 0 Å². The second kappa shape index (κ2) is 8.17. The van der Waals surface area contributed by atoms with Gasteiger partial charge in [-0.25, -0.2) is 4.79 Å². The molecule has 1 aromatic rings. The highest BCUT2D eigenvalue weighted by Gasteiger charge is 2.10. The Morgan fingerprint density at radius 1 is 1.33 bits per heavy atom. The standard InChI is InChI=1S/C15H23NO4S/c1-4-20-15(17)11-19-10-14(16)12-6-8-13(9-7-12)21(3,18)5-2/h6-9,14H,3-5,10-11,16H2,1-2H3/t14-,21?/m0/s1. The highest BCUT2D eigenvalue weighted by atomic mass is 32.2. The van der Waals surface area contributed by atoms with Crippen LogP contribution in [-0.2, 0) is 23.8 Å². The largest absolute Gasteiger partial charge is 0.464 e. The first-order valence-corrected chi connectivity index (χ1v) is 8.74. The predicted octanol–water partition coefficient (Wildman–Crippen LogP) is 1.36. The molecule has 0 aliphatic rings.